The highest BCUT2D eigenvalue weighted by Gasteiger charge is 2.26. The molecule has 1 aromatic rings. The average Bonchev–Trinajstić information content (AvgIpc) is 2.13. The monoisotopic (exact) mass is 196 g/mol. The molecular formula is C10H13FN2O. The fourth-order valence-corrected chi connectivity index (χ4v) is 1.69. The van der Waals surface area contributed by atoms with Crippen LogP contribution in [0.4, 0.5) is 4.39 Å². The second kappa shape index (κ2) is 4.02. The largest absolute Gasteiger partial charge is 0.396 e. The first-order chi connectivity index (χ1) is 6.79. The summed E-state index contributed by atoms with van der Waals surface area (Å²) in [5, 5.41) is 8.81. The third kappa shape index (κ3) is 1.91. The van der Waals surface area contributed by atoms with Gasteiger partial charge in [-0.1, -0.05) is 0 Å². The molecule has 0 saturated carbocycles. The van der Waals surface area contributed by atoms with Crippen LogP contribution in [0, 0.1) is 11.7 Å². The smallest absolute Gasteiger partial charge is 0.145 e. The summed E-state index contributed by atoms with van der Waals surface area (Å²) in [6, 6.07) is 1.70. The molecule has 0 bridgehead atoms. The van der Waals surface area contributed by atoms with Crippen molar-refractivity contribution in [2.24, 2.45) is 5.92 Å². The molecule has 1 aliphatic heterocycles. The van der Waals surface area contributed by atoms with Gasteiger partial charge in [0.25, 0.3) is 0 Å². The number of hydrogen-bond acceptors (Lipinski definition) is 3. The van der Waals surface area contributed by atoms with Crippen LogP contribution in [-0.4, -0.2) is 34.7 Å². The lowest BCUT2D eigenvalue weighted by Crippen LogP contribution is -2.47. The van der Waals surface area contributed by atoms with Gasteiger partial charge in [0, 0.05) is 43.9 Å². The highest BCUT2D eigenvalue weighted by molar-refractivity contribution is 5.12. The third-order valence-corrected chi connectivity index (χ3v) is 2.54. The standard InChI is InChI=1S/C10H13FN2O/c11-10-3-12-2-1-9(10)6-13-4-8(5-13)7-14/h1-3,8,14H,4-7H2. The number of likely N-dealkylation sites (tertiary alicyclic amines) is 1. The lowest BCUT2D eigenvalue weighted by molar-refractivity contribution is 0.0471. The van der Waals surface area contributed by atoms with Gasteiger partial charge >= 0.3 is 0 Å². The number of halogens is 1. The highest BCUT2D eigenvalue weighted by Crippen LogP contribution is 2.18. The summed E-state index contributed by atoms with van der Waals surface area (Å²) in [5.74, 6) is 0.125. The molecule has 0 atom stereocenters. The first-order valence-electron chi connectivity index (χ1n) is 4.71. The van der Waals surface area contributed by atoms with Gasteiger partial charge in [0.2, 0.25) is 0 Å². The van der Waals surface area contributed by atoms with Crippen molar-refractivity contribution in [1.82, 2.24) is 9.88 Å². The Hall–Kier alpha value is -1.00. The van der Waals surface area contributed by atoms with Crippen molar-refractivity contribution in [3.63, 3.8) is 0 Å². The Bertz CT molecular complexity index is 313. The second-order valence-electron chi connectivity index (χ2n) is 3.71. The number of aliphatic hydroxyl groups is 1. The van der Waals surface area contributed by atoms with Crippen LogP contribution in [0.5, 0.6) is 0 Å². The van der Waals surface area contributed by atoms with Crippen molar-refractivity contribution >= 4 is 0 Å². The minimum atomic E-state index is -0.250. The van der Waals surface area contributed by atoms with Crippen LogP contribution in [0.25, 0.3) is 0 Å². The molecule has 14 heavy (non-hydrogen) atoms. The number of rotatable bonds is 3. The lowest BCUT2D eigenvalue weighted by atomic mass is 10.0. The van der Waals surface area contributed by atoms with Crippen molar-refractivity contribution in [2.45, 2.75) is 6.54 Å². The minimum Gasteiger partial charge on any atom is -0.396 e. The molecule has 0 aromatic carbocycles. The second-order valence-corrected chi connectivity index (χ2v) is 3.71. The predicted octanol–water partition coefficient (Wildman–Crippen LogP) is 0.645. The maximum atomic E-state index is 13.2. The van der Waals surface area contributed by atoms with Gasteiger partial charge in [-0.25, -0.2) is 4.39 Å². The van der Waals surface area contributed by atoms with Gasteiger partial charge in [0.1, 0.15) is 5.82 Å². The van der Waals surface area contributed by atoms with Crippen LogP contribution in [-0.2, 0) is 6.54 Å². The van der Waals surface area contributed by atoms with Gasteiger partial charge < -0.3 is 5.11 Å². The Kier molecular flexibility index (Phi) is 2.74. The zero-order valence-electron chi connectivity index (χ0n) is 7.86. The lowest BCUT2D eigenvalue weighted by Gasteiger charge is -2.38. The molecule has 1 saturated heterocycles. The molecule has 0 aliphatic carbocycles. The maximum absolute atomic E-state index is 13.2. The van der Waals surface area contributed by atoms with E-state index in [1.807, 2.05) is 0 Å². The number of pyridine rings is 1. The molecule has 1 aliphatic rings. The molecule has 3 nitrogen and oxygen atoms in total. The Morgan fingerprint density at radius 2 is 2.36 bits per heavy atom. The van der Waals surface area contributed by atoms with Crippen LogP contribution in [0.2, 0.25) is 0 Å². The molecule has 0 spiro atoms. The van der Waals surface area contributed by atoms with E-state index in [0.717, 1.165) is 13.1 Å². The zero-order valence-corrected chi connectivity index (χ0v) is 7.86. The van der Waals surface area contributed by atoms with E-state index in [-0.39, 0.29) is 12.4 Å². The van der Waals surface area contributed by atoms with Crippen LogP contribution in [0.1, 0.15) is 5.56 Å². The van der Waals surface area contributed by atoms with Crippen LogP contribution < -0.4 is 0 Å². The van der Waals surface area contributed by atoms with E-state index in [1.54, 1.807) is 12.3 Å². The van der Waals surface area contributed by atoms with E-state index < -0.39 is 0 Å². The average molecular weight is 196 g/mol. The summed E-state index contributed by atoms with van der Waals surface area (Å²) in [6.45, 7) is 2.57. The third-order valence-electron chi connectivity index (χ3n) is 2.54. The van der Waals surface area contributed by atoms with Crippen LogP contribution in [0.3, 0.4) is 0 Å². The summed E-state index contributed by atoms with van der Waals surface area (Å²) in [6.07, 6.45) is 2.83. The molecule has 1 fully saturated rings. The minimum absolute atomic E-state index is 0.231. The number of nitrogens with zero attached hydrogens (tertiary/aromatic N) is 2. The molecular weight excluding hydrogens is 183 g/mol. The summed E-state index contributed by atoms with van der Waals surface area (Å²) in [5.41, 5.74) is 0.677. The van der Waals surface area contributed by atoms with Crippen LogP contribution in [0.15, 0.2) is 18.5 Å². The predicted molar refractivity (Wildman–Crippen MR) is 50.0 cm³/mol. The number of aliphatic hydroxyl groups excluding tert-OH is 1. The highest BCUT2D eigenvalue weighted by atomic mass is 19.1. The molecule has 76 valence electrons. The molecule has 2 heterocycles. The van der Waals surface area contributed by atoms with E-state index in [9.17, 15) is 4.39 Å². The molecule has 0 unspecified atom stereocenters. The SMILES string of the molecule is OCC1CN(Cc2ccncc2F)C1. The zero-order chi connectivity index (χ0) is 9.97. The molecule has 4 heteroatoms. The van der Waals surface area contributed by atoms with E-state index in [1.165, 1.54) is 6.20 Å². The van der Waals surface area contributed by atoms with Gasteiger partial charge in [-0.2, -0.15) is 0 Å². The fraction of sp³-hybridized carbons (Fsp3) is 0.500. The molecule has 1 aromatic heterocycles. The molecule has 2 rings (SSSR count). The van der Waals surface area contributed by atoms with Crippen molar-refractivity contribution in [1.29, 1.82) is 0 Å². The fourth-order valence-electron chi connectivity index (χ4n) is 1.69. The Morgan fingerprint density at radius 1 is 1.57 bits per heavy atom. The first kappa shape index (κ1) is 9.55. The maximum Gasteiger partial charge on any atom is 0.145 e. The van der Waals surface area contributed by atoms with E-state index in [2.05, 4.69) is 9.88 Å². The van der Waals surface area contributed by atoms with E-state index in [0.29, 0.717) is 18.0 Å². The van der Waals surface area contributed by atoms with Crippen molar-refractivity contribution in [3.8, 4) is 0 Å². The van der Waals surface area contributed by atoms with Gasteiger partial charge in [0.15, 0.2) is 0 Å². The summed E-state index contributed by atoms with van der Waals surface area (Å²) >= 11 is 0. The number of aromatic nitrogens is 1. The summed E-state index contributed by atoms with van der Waals surface area (Å²) in [7, 11) is 0. The molecule has 1 N–H and O–H groups in total. The summed E-state index contributed by atoms with van der Waals surface area (Å²) < 4.78 is 13.2. The van der Waals surface area contributed by atoms with Gasteiger partial charge in [-0.15, -0.1) is 0 Å². The number of hydrogen-bond donors (Lipinski definition) is 1. The van der Waals surface area contributed by atoms with Gasteiger partial charge in [-0.05, 0) is 6.07 Å². The van der Waals surface area contributed by atoms with Crippen molar-refractivity contribution < 1.29 is 9.50 Å². The Labute approximate surface area is 82.2 Å². The van der Waals surface area contributed by atoms with Crippen molar-refractivity contribution in [3.05, 3.63) is 29.8 Å². The molecule has 0 radical (unpaired) electrons. The van der Waals surface area contributed by atoms with Crippen LogP contribution >= 0.6 is 0 Å². The van der Waals surface area contributed by atoms with Gasteiger partial charge in [-0.3, -0.25) is 9.88 Å². The summed E-state index contributed by atoms with van der Waals surface area (Å²) in [4.78, 5) is 5.80. The first-order valence-corrected chi connectivity index (χ1v) is 4.71. The van der Waals surface area contributed by atoms with Crippen molar-refractivity contribution in [2.75, 3.05) is 19.7 Å². The molecule has 0 amide bonds. The Balaban J connectivity index is 1.90. The van der Waals surface area contributed by atoms with E-state index >= 15 is 0 Å². The van der Waals surface area contributed by atoms with Gasteiger partial charge in [0.05, 0.1) is 6.20 Å². The normalized spacial score (nSPS) is 18.1. The topological polar surface area (TPSA) is 36.4 Å². The quantitative estimate of drug-likeness (QED) is 0.771. The Morgan fingerprint density at radius 3 is 3.00 bits per heavy atom. The van der Waals surface area contributed by atoms with E-state index in [4.69, 9.17) is 5.11 Å².